The maximum atomic E-state index is 12.5. The molecule has 1 amide bonds. The van der Waals surface area contributed by atoms with Gasteiger partial charge in [-0.1, -0.05) is 37.0 Å². The summed E-state index contributed by atoms with van der Waals surface area (Å²) in [5.74, 6) is 0.360. The summed E-state index contributed by atoms with van der Waals surface area (Å²) >= 11 is 11.8. The van der Waals surface area contributed by atoms with Gasteiger partial charge in [-0.2, -0.15) is 0 Å². The van der Waals surface area contributed by atoms with Crippen LogP contribution in [0.15, 0.2) is 12.3 Å². The van der Waals surface area contributed by atoms with Crippen LogP contribution < -0.4 is 16.4 Å². The molecule has 0 aromatic carbocycles. The van der Waals surface area contributed by atoms with Crippen molar-refractivity contribution in [1.29, 1.82) is 0 Å². The third-order valence-corrected chi connectivity index (χ3v) is 5.24. The first kappa shape index (κ1) is 25.5. The molecule has 26 heavy (non-hydrogen) atoms. The van der Waals surface area contributed by atoms with Gasteiger partial charge in [-0.25, -0.2) is 4.98 Å². The Morgan fingerprint density at radius 1 is 1.38 bits per heavy atom. The lowest BCUT2D eigenvalue weighted by molar-refractivity contribution is -0.170. The van der Waals surface area contributed by atoms with Gasteiger partial charge in [0.15, 0.2) is 0 Å². The third-order valence-electron chi connectivity index (χ3n) is 4.75. The summed E-state index contributed by atoms with van der Waals surface area (Å²) < 4.78 is 5.64. The van der Waals surface area contributed by atoms with E-state index in [9.17, 15) is 4.79 Å². The molecule has 0 spiro atoms. The Labute approximate surface area is 176 Å². The van der Waals surface area contributed by atoms with E-state index in [0.29, 0.717) is 42.0 Å². The second-order valence-electron chi connectivity index (χ2n) is 6.51. The van der Waals surface area contributed by atoms with E-state index in [1.54, 1.807) is 6.07 Å². The molecule has 4 N–H and O–H groups in total. The van der Waals surface area contributed by atoms with Crippen LogP contribution in [0, 0.1) is 5.41 Å². The number of halogens is 4. The van der Waals surface area contributed by atoms with E-state index in [1.807, 2.05) is 20.8 Å². The predicted octanol–water partition coefficient (Wildman–Crippen LogP) is 3.29. The maximum absolute atomic E-state index is 12.5. The topological polar surface area (TPSA) is 89.3 Å². The largest absolute Gasteiger partial charge is 0.378 e. The van der Waals surface area contributed by atoms with Crippen molar-refractivity contribution in [2.24, 2.45) is 11.1 Å². The van der Waals surface area contributed by atoms with Crippen molar-refractivity contribution in [1.82, 2.24) is 10.3 Å². The van der Waals surface area contributed by atoms with Gasteiger partial charge in [0.25, 0.3) is 0 Å². The molecule has 1 aliphatic rings. The van der Waals surface area contributed by atoms with Gasteiger partial charge < -0.3 is 21.1 Å². The normalized spacial score (nSPS) is 23.1. The maximum Gasteiger partial charge on any atom is 0.240 e. The van der Waals surface area contributed by atoms with Gasteiger partial charge in [0.2, 0.25) is 5.91 Å². The van der Waals surface area contributed by atoms with Crippen molar-refractivity contribution in [3.8, 4) is 0 Å². The number of rotatable bonds is 7. The van der Waals surface area contributed by atoms with Crippen LogP contribution in [0.2, 0.25) is 10.0 Å². The Morgan fingerprint density at radius 3 is 2.58 bits per heavy atom. The Kier molecular flexibility index (Phi) is 9.96. The highest BCUT2D eigenvalue weighted by Gasteiger charge is 2.62. The van der Waals surface area contributed by atoms with Crippen molar-refractivity contribution in [2.45, 2.75) is 38.8 Å². The minimum absolute atomic E-state index is 0. The van der Waals surface area contributed by atoms with E-state index in [-0.39, 0.29) is 36.8 Å². The molecule has 0 radical (unpaired) electrons. The van der Waals surface area contributed by atoms with E-state index in [0.717, 1.165) is 0 Å². The SMILES string of the molecule is CCOC1CC(N)(C(=O)NCCNc2ncc(Cl)cc2Cl)C1(C)C.Cl.Cl. The van der Waals surface area contributed by atoms with Crippen molar-refractivity contribution in [2.75, 3.05) is 25.0 Å². The summed E-state index contributed by atoms with van der Waals surface area (Å²) in [6.07, 6.45) is 2.04. The molecule has 2 atom stereocenters. The number of pyridine rings is 1. The summed E-state index contributed by atoms with van der Waals surface area (Å²) in [5.41, 5.74) is 5.00. The number of amides is 1. The summed E-state index contributed by atoms with van der Waals surface area (Å²) in [5, 5.41) is 6.82. The van der Waals surface area contributed by atoms with Gasteiger partial charge >= 0.3 is 0 Å². The van der Waals surface area contributed by atoms with E-state index >= 15 is 0 Å². The van der Waals surface area contributed by atoms with Crippen LogP contribution in [-0.2, 0) is 9.53 Å². The van der Waals surface area contributed by atoms with Crippen LogP contribution >= 0.6 is 48.0 Å². The summed E-state index contributed by atoms with van der Waals surface area (Å²) in [6, 6.07) is 1.61. The minimum atomic E-state index is -0.914. The van der Waals surface area contributed by atoms with Crippen molar-refractivity contribution >= 4 is 59.7 Å². The number of hydrogen-bond acceptors (Lipinski definition) is 5. The molecule has 6 nitrogen and oxygen atoms in total. The number of nitrogens with zero attached hydrogens (tertiary/aromatic N) is 1. The lowest BCUT2D eigenvalue weighted by Gasteiger charge is -2.57. The second kappa shape index (κ2) is 10.2. The van der Waals surface area contributed by atoms with E-state index in [2.05, 4.69) is 15.6 Å². The predicted molar refractivity (Wildman–Crippen MR) is 111 cm³/mol. The molecule has 0 bridgehead atoms. The Morgan fingerprint density at radius 2 is 2.04 bits per heavy atom. The van der Waals surface area contributed by atoms with Crippen LogP contribution in [-0.4, -0.2) is 42.2 Å². The number of nitrogens with two attached hydrogens (primary N) is 1. The summed E-state index contributed by atoms with van der Waals surface area (Å²) in [6.45, 7) is 7.37. The number of ether oxygens (including phenoxy) is 1. The molecule has 1 heterocycles. The molecule has 0 aliphatic heterocycles. The molecular formula is C16H26Cl4N4O2. The molecule has 2 rings (SSSR count). The number of carbonyl (C=O) groups is 1. The van der Waals surface area contributed by atoms with Gasteiger partial charge in [0.1, 0.15) is 11.4 Å². The lowest BCUT2D eigenvalue weighted by atomic mass is 9.54. The number of carbonyl (C=O) groups excluding carboxylic acids is 1. The second-order valence-corrected chi connectivity index (χ2v) is 7.35. The zero-order valence-corrected chi connectivity index (χ0v) is 18.1. The molecule has 150 valence electrons. The smallest absolute Gasteiger partial charge is 0.240 e. The first-order valence-corrected chi connectivity index (χ1v) is 8.71. The fourth-order valence-electron chi connectivity index (χ4n) is 2.88. The van der Waals surface area contributed by atoms with E-state index < -0.39 is 11.0 Å². The van der Waals surface area contributed by atoms with E-state index in [1.165, 1.54) is 6.20 Å². The highest BCUT2D eigenvalue weighted by atomic mass is 35.5. The fourth-order valence-corrected chi connectivity index (χ4v) is 3.33. The number of nitrogens with one attached hydrogen (secondary N) is 2. The van der Waals surface area contributed by atoms with Crippen LogP contribution in [0.3, 0.4) is 0 Å². The third kappa shape index (κ3) is 5.06. The molecule has 10 heteroatoms. The Bertz CT molecular complexity index is 618. The molecule has 0 saturated heterocycles. The fraction of sp³-hybridized carbons (Fsp3) is 0.625. The van der Waals surface area contributed by atoms with Crippen LogP contribution in [0.25, 0.3) is 0 Å². The first-order chi connectivity index (χ1) is 11.2. The minimum Gasteiger partial charge on any atom is -0.378 e. The average molecular weight is 448 g/mol. The summed E-state index contributed by atoms with van der Waals surface area (Å²) in [7, 11) is 0. The van der Waals surface area contributed by atoms with Crippen LogP contribution in [0.1, 0.15) is 27.2 Å². The number of anilines is 1. The zero-order chi connectivity index (χ0) is 18.0. The zero-order valence-electron chi connectivity index (χ0n) is 15.0. The molecular weight excluding hydrogens is 422 g/mol. The van der Waals surface area contributed by atoms with E-state index in [4.69, 9.17) is 33.7 Å². The number of aromatic nitrogens is 1. The monoisotopic (exact) mass is 446 g/mol. The highest BCUT2D eigenvalue weighted by molar-refractivity contribution is 6.35. The van der Waals surface area contributed by atoms with Crippen molar-refractivity contribution in [3.05, 3.63) is 22.3 Å². The summed E-state index contributed by atoms with van der Waals surface area (Å²) in [4.78, 5) is 16.6. The number of hydrogen-bond donors (Lipinski definition) is 3. The Balaban J connectivity index is 0.00000312. The van der Waals surface area contributed by atoms with Gasteiger partial charge in [0, 0.05) is 37.7 Å². The van der Waals surface area contributed by atoms with Crippen molar-refractivity contribution < 1.29 is 9.53 Å². The molecule has 1 aliphatic carbocycles. The van der Waals surface area contributed by atoms with Gasteiger partial charge in [-0.05, 0) is 13.0 Å². The van der Waals surface area contributed by atoms with Gasteiger partial charge in [-0.15, -0.1) is 24.8 Å². The van der Waals surface area contributed by atoms with Gasteiger partial charge in [-0.3, -0.25) is 4.79 Å². The Hall–Kier alpha value is -0.500. The van der Waals surface area contributed by atoms with Gasteiger partial charge in [0.05, 0.1) is 16.1 Å². The quantitative estimate of drug-likeness (QED) is 0.558. The molecule has 1 aromatic heterocycles. The molecule has 2 unspecified atom stereocenters. The average Bonchev–Trinajstić information content (AvgIpc) is 2.52. The lowest BCUT2D eigenvalue weighted by Crippen LogP contribution is -2.75. The standard InChI is InChI=1S/C16H24Cl2N4O2.2ClH/c1-4-24-12-8-16(19,15(12,2)3)14(23)21-6-5-20-13-11(18)7-10(17)9-22-13;;/h7,9,12H,4-6,8,19H2,1-3H3,(H,20,22)(H,21,23);2*1H. The van der Waals surface area contributed by atoms with Crippen LogP contribution in [0.4, 0.5) is 5.82 Å². The molecule has 1 saturated carbocycles. The highest BCUT2D eigenvalue weighted by Crippen LogP contribution is 2.49. The first-order valence-electron chi connectivity index (χ1n) is 7.96. The molecule has 1 aromatic rings. The van der Waals surface area contributed by atoms with Crippen molar-refractivity contribution in [3.63, 3.8) is 0 Å². The molecule has 1 fully saturated rings. The van der Waals surface area contributed by atoms with Crippen LogP contribution in [0.5, 0.6) is 0 Å².